The first kappa shape index (κ1) is 18.0. The molecule has 0 aliphatic carbocycles. The molecule has 25 heavy (non-hydrogen) atoms. The molecule has 0 spiro atoms. The molecule has 0 bridgehead atoms. The molecule has 4 nitrogen and oxygen atoms in total. The van der Waals surface area contributed by atoms with E-state index in [4.69, 9.17) is 21.1 Å². The molecule has 3 rings (SSSR count). The molecule has 0 aliphatic rings. The summed E-state index contributed by atoms with van der Waals surface area (Å²) in [5.74, 6) is 0.859. The Bertz CT molecular complexity index is 936. The lowest BCUT2D eigenvalue weighted by Crippen LogP contribution is -2.13. The number of benzene rings is 2. The lowest BCUT2D eigenvalue weighted by molar-refractivity contribution is 0.102. The molecule has 2 aromatic carbocycles. The second-order valence-electron chi connectivity index (χ2n) is 5.53. The second kappa shape index (κ2) is 7.59. The van der Waals surface area contributed by atoms with Crippen molar-refractivity contribution in [1.82, 2.24) is 0 Å². The highest BCUT2D eigenvalue weighted by Gasteiger charge is 2.14. The minimum atomic E-state index is -0.265. The van der Waals surface area contributed by atoms with Gasteiger partial charge < -0.3 is 14.8 Å². The summed E-state index contributed by atoms with van der Waals surface area (Å²) >= 11 is 8.28. The van der Waals surface area contributed by atoms with Crippen LogP contribution in [-0.2, 0) is 6.61 Å². The van der Waals surface area contributed by atoms with Gasteiger partial charge in [0.1, 0.15) is 18.1 Å². The minimum Gasteiger partial charge on any atom is -0.459 e. The van der Waals surface area contributed by atoms with Gasteiger partial charge in [-0.25, -0.2) is 0 Å². The molecule has 0 unspecified atom stereocenters. The summed E-state index contributed by atoms with van der Waals surface area (Å²) < 4.78 is 6.49. The van der Waals surface area contributed by atoms with E-state index in [9.17, 15) is 4.79 Å². The SMILES string of the molecule is Cc1ccc(-c2ccc(CO)o2)cc1NC(=O)c1cc(I)ccc1Cl. The van der Waals surface area contributed by atoms with Gasteiger partial charge in [-0.2, -0.15) is 0 Å². The molecule has 1 aromatic heterocycles. The Morgan fingerprint density at radius 2 is 2.00 bits per heavy atom. The van der Waals surface area contributed by atoms with Crippen LogP contribution < -0.4 is 5.32 Å². The second-order valence-corrected chi connectivity index (χ2v) is 7.18. The third kappa shape index (κ3) is 4.05. The summed E-state index contributed by atoms with van der Waals surface area (Å²) in [5, 5.41) is 12.4. The van der Waals surface area contributed by atoms with Crippen molar-refractivity contribution in [3.63, 3.8) is 0 Å². The number of hydrogen-bond acceptors (Lipinski definition) is 3. The zero-order valence-electron chi connectivity index (χ0n) is 13.3. The van der Waals surface area contributed by atoms with Gasteiger partial charge in [0.05, 0.1) is 10.6 Å². The van der Waals surface area contributed by atoms with E-state index < -0.39 is 0 Å². The zero-order valence-corrected chi connectivity index (χ0v) is 16.3. The quantitative estimate of drug-likeness (QED) is 0.515. The number of aryl methyl sites for hydroxylation is 1. The molecule has 0 atom stereocenters. The van der Waals surface area contributed by atoms with Crippen molar-refractivity contribution >= 4 is 45.8 Å². The van der Waals surface area contributed by atoms with Crippen LogP contribution in [0.4, 0.5) is 5.69 Å². The molecule has 1 amide bonds. The van der Waals surface area contributed by atoms with E-state index in [2.05, 4.69) is 27.9 Å². The third-order valence-electron chi connectivity index (χ3n) is 3.76. The average Bonchev–Trinajstić information content (AvgIpc) is 3.08. The number of amides is 1. The molecule has 2 N–H and O–H groups in total. The largest absolute Gasteiger partial charge is 0.459 e. The van der Waals surface area contributed by atoms with Crippen molar-refractivity contribution in [3.8, 4) is 11.3 Å². The molecule has 0 aliphatic heterocycles. The standard InChI is InChI=1S/C19H15ClINO3/c1-11-2-3-12(18-7-5-14(10-23)25-18)8-17(11)22-19(24)15-9-13(21)4-6-16(15)20/h2-9,23H,10H2,1H3,(H,22,24). The van der Waals surface area contributed by atoms with E-state index in [1.54, 1.807) is 24.3 Å². The number of aliphatic hydroxyl groups excluding tert-OH is 1. The van der Waals surface area contributed by atoms with Gasteiger partial charge in [0.25, 0.3) is 5.91 Å². The summed E-state index contributed by atoms with van der Waals surface area (Å²) in [7, 11) is 0. The van der Waals surface area contributed by atoms with Crippen molar-refractivity contribution in [2.24, 2.45) is 0 Å². The first-order chi connectivity index (χ1) is 12.0. The Balaban J connectivity index is 1.90. The van der Waals surface area contributed by atoms with Crippen molar-refractivity contribution in [1.29, 1.82) is 0 Å². The number of aliphatic hydroxyl groups is 1. The van der Waals surface area contributed by atoms with Gasteiger partial charge in [-0.05, 0) is 71.5 Å². The normalized spacial score (nSPS) is 10.7. The minimum absolute atomic E-state index is 0.152. The predicted octanol–water partition coefficient (Wildman–Crippen LogP) is 5.26. The molecule has 6 heteroatoms. The van der Waals surface area contributed by atoms with Crippen LogP contribution in [0.15, 0.2) is 52.9 Å². The topological polar surface area (TPSA) is 62.5 Å². The van der Waals surface area contributed by atoms with Gasteiger partial charge in [-0.15, -0.1) is 0 Å². The van der Waals surface area contributed by atoms with E-state index in [0.717, 1.165) is 14.7 Å². The van der Waals surface area contributed by atoms with Crippen molar-refractivity contribution in [2.75, 3.05) is 5.32 Å². The fourth-order valence-corrected chi connectivity index (χ4v) is 3.08. The lowest BCUT2D eigenvalue weighted by atomic mass is 10.1. The van der Waals surface area contributed by atoms with Gasteiger partial charge in [0.15, 0.2) is 0 Å². The Kier molecular flexibility index (Phi) is 5.46. The summed E-state index contributed by atoms with van der Waals surface area (Å²) in [6.07, 6.45) is 0. The Hall–Kier alpha value is -1.83. The summed E-state index contributed by atoms with van der Waals surface area (Å²) in [5.41, 5.74) is 2.85. The number of furan rings is 1. The summed E-state index contributed by atoms with van der Waals surface area (Å²) in [4.78, 5) is 12.6. The van der Waals surface area contributed by atoms with Crippen molar-refractivity contribution < 1.29 is 14.3 Å². The molecule has 0 fully saturated rings. The van der Waals surface area contributed by atoms with Gasteiger partial charge in [-0.1, -0.05) is 23.7 Å². The monoisotopic (exact) mass is 467 g/mol. The van der Waals surface area contributed by atoms with Gasteiger partial charge in [-0.3, -0.25) is 4.79 Å². The number of carbonyl (C=O) groups excluding carboxylic acids is 1. The number of nitrogens with one attached hydrogen (secondary N) is 1. The Labute approximate surface area is 164 Å². The number of halogens is 2. The highest BCUT2D eigenvalue weighted by molar-refractivity contribution is 14.1. The Morgan fingerprint density at radius 1 is 1.20 bits per heavy atom. The fourth-order valence-electron chi connectivity index (χ4n) is 2.39. The van der Waals surface area contributed by atoms with Crippen LogP contribution in [0.2, 0.25) is 5.02 Å². The molecule has 3 aromatic rings. The maximum absolute atomic E-state index is 12.6. The van der Waals surface area contributed by atoms with E-state index in [-0.39, 0.29) is 12.5 Å². The van der Waals surface area contributed by atoms with Crippen molar-refractivity contribution in [3.05, 3.63) is 74.0 Å². The Morgan fingerprint density at radius 3 is 2.72 bits per heavy atom. The highest BCUT2D eigenvalue weighted by atomic mass is 127. The molecule has 0 saturated heterocycles. The van der Waals surface area contributed by atoms with Gasteiger partial charge in [0, 0.05) is 14.8 Å². The number of carbonyl (C=O) groups is 1. The zero-order chi connectivity index (χ0) is 18.0. The van der Waals surface area contributed by atoms with E-state index >= 15 is 0 Å². The highest BCUT2D eigenvalue weighted by Crippen LogP contribution is 2.28. The number of anilines is 1. The van der Waals surface area contributed by atoms with Crippen LogP contribution in [0.25, 0.3) is 11.3 Å². The van der Waals surface area contributed by atoms with E-state index in [1.807, 2.05) is 31.2 Å². The summed E-state index contributed by atoms with van der Waals surface area (Å²) in [6, 6.07) is 14.5. The fraction of sp³-hybridized carbons (Fsp3) is 0.105. The lowest BCUT2D eigenvalue weighted by Gasteiger charge is -2.11. The predicted molar refractivity (Wildman–Crippen MR) is 107 cm³/mol. The van der Waals surface area contributed by atoms with Gasteiger partial charge >= 0.3 is 0 Å². The average molecular weight is 468 g/mol. The molecule has 1 heterocycles. The first-order valence-corrected chi connectivity index (χ1v) is 9.00. The molecule has 128 valence electrons. The summed E-state index contributed by atoms with van der Waals surface area (Å²) in [6.45, 7) is 1.76. The smallest absolute Gasteiger partial charge is 0.257 e. The van der Waals surface area contributed by atoms with Crippen LogP contribution in [0.1, 0.15) is 21.7 Å². The molecular weight excluding hydrogens is 453 g/mol. The first-order valence-electron chi connectivity index (χ1n) is 7.55. The van der Waals surface area contributed by atoms with Crippen LogP contribution in [0, 0.1) is 10.5 Å². The van der Waals surface area contributed by atoms with Crippen LogP contribution in [0.5, 0.6) is 0 Å². The molecule has 0 saturated carbocycles. The molecule has 0 radical (unpaired) electrons. The van der Waals surface area contributed by atoms with E-state index in [1.165, 1.54) is 0 Å². The number of hydrogen-bond donors (Lipinski definition) is 2. The maximum Gasteiger partial charge on any atom is 0.257 e. The van der Waals surface area contributed by atoms with Crippen LogP contribution >= 0.6 is 34.2 Å². The van der Waals surface area contributed by atoms with Crippen molar-refractivity contribution in [2.45, 2.75) is 13.5 Å². The van der Waals surface area contributed by atoms with Gasteiger partial charge in [0.2, 0.25) is 0 Å². The molecular formula is C19H15ClINO3. The van der Waals surface area contributed by atoms with Crippen LogP contribution in [-0.4, -0.2) is 11.0 Å². The van der Waals surface area contributed by atoms with E-state index in [0.29, 0.717) is 27.8 Å². The third-order valence-corrected chi connectivity index (χ3v) is 4.76. The van der Waals surface area contributed by atoms with Crippen LogP contribution in [0.3, 0.4) is 0 Å². The number of rotatable bonds is 4. The maximum atomic E-state index is 12.6.